The zero-order valence-electron chi connectivity index (χ0n) is 15.9. The van der Waals surface area contributed by atoms with Gasteiger partial charge in [0.05, 0.1) is 11.1 Å². The number of fused-ring (bicyclic) bond motifs is 1. The highest BCUT2D eigenvalue weighted by molar-refractivity contribution is 6.32. The summed E-state index contributed by atoms with van der Waals surface area (Å²) in [4.78, 5) is 17.7. The van der Waals surface area contributed by atoms with Gasteiger partial charge >= 0.3 is 0 Å². The second kappa shape index (κ2) is 8.39. The molecule has 28 heavy (non-hydrogen) atoms. The van der Waals surface area contributed by atoms with Crippen molar-refractivity contribution in [2.75, 3.05) is 46.6 Å². The van der Waals surface area contributed by atoms with E-state index in [9.17, 15) is 4.79 Å². The van der Waals surface area contributed by atoms with Crippen LogP contribution in [-0.2, 0) is 0 Å². The van der Waals surface area contributed by atoms with Crippen molar-refractivity contribution in [1.29, 1.82) is 0 Å². The molecular weight excluding hydrogens is 378 g/mol. The summed E-state index contributed by atoms with van der Waals surface area (Å²) in [6.45, 7) is 4.94. The molecule has 2 aromatic rings. The van der Waals surface area contributed by atoms with Gasteiger partial charge in [0, 0.05) is 38.3 Å². The van der Waals surface area contributed by atoms with Gasteiger partial charge in [-0.05, 0) is 24.7 Å². The summed E-state index contributed by atoms with van der Waals surface area (Å²) in [5, 5.41) is 3.56. The number of benzene rings is 2. The van der Waals surface area contributed by atoms with Crippen LogP contribution in [0.5, 0.6) is 11.5 Å². The first-order valence-electron chi connectivity index (χ1n) is 9.46. The molecule has 1 fully saturated rings. The van der Waals surface area contributed by atoms with Gasteiger partial charge in [0.2, 0.25) is 6.79 Å². The van der Waals surface area contributed by atoms with E-state index in [1.165, 1.54) is 0 Å². The molecule has 0 spiro atoms. The first-order valence-corrected chi connectivity index (χ1v) is 9.84. The fourth-order valence-electron chi connectivity index (χ4n) is 3.55. The van der Waals surface area contributed by atoms with E-state index >= 15 is 0 Å². The molecule has 1 amide bonds. The lowest BCUT2D eigenvalue weighted by molar-refractivity contribution is 0.0907. The first-order chi connectivity index (χ1) is 13.6. The maximum absolute atomic E-state index is 13.0. The molecule has 4 rings (SSSR count). The molecule has 1 unspecified atom stereocenters. The normalized spacial score (nSPS) is 18.1. The Labute approximate surface area is 170 Å². The van der Waals surface area contributed by atoms with Crippen molar-refractivity contribution in [2.45, 2.75) is 6.04 Å². The van der Waals surface area contributed by atoms with Crippen molar-refractivity contribution in [3.8, 4) is 11.5 Å². The Kier molecular flexibility index (Phi) is 5.71. The van der Waals surface area contributed by atoms with Crippen LogP contribution in [0.15, 0.2) is 42.5 Å². The Balaban J connectivity index is 1.52. The van der Waals surface area contributed by atoms with Crippen LogP contribution in [0.1, 0.15) is 22.0 Å². The molecule has 1 N–H and O–H groups in total. The van der Waals surface area contributed by atoms with Crippen LogP contribution in [-0.4, -0.2) is 62.3 Å². The van der Waals surface area contributed by atoms with Crippen molar-refractivity contribution < 1.29 is 14.3 Å². The molecule has 0 aromatic heterocycles. The zero-order valence-corrected chi connectivity index (χ0v) is 16.6. The molecular formula is C21H24ClN3O3. The number of nitrogens with zero attached hydrogens (tertiary/aromatic N) is 2. The van der Waals surface area contributed by atoms with Gasteiger partial charge in [0.1, 0.15) is 0 Å². The smallest absolute Gasteiger partial charge is 0.252 e. The number of hydrogen-bond donors (Lipinski definition) is 1. The van der Waals surface area contributed by atoms with E-state index in [2.05, 4.69) is 22.2 Å². The van der Waals surface area contributed by atoms with Crippen molar-refractivity contribution >= 4 is 17.5 Å². The van der Waals surface area contributed by atoms with Gasteiger partial charge in [-0.1, -0.05) is 41.9 Å². The second-order valence-corrected chi connectivity index (χ2v) is 7.64. The fraction of sp³-hybridized carbons (Fsp3) is 0.381. The third-order valence-corrected chi connectivity index (χ3v) is 5.51. The average Bonchev–Trinajstić information content (AvgIpc) is 3.19. The minimum absolute atomic E-state index is 0.110. The summed E-state index contributed by atoms with van der Waals surface area (Å²) in [5.74, 6) is 0.825. The summed E-state index contributed by atoms with van der Waals surface area (Å²) in [6, 6.07) is 13.3. The van der Waals surface area contributed by atoms with Crippen molar-refractivity contribution in [3.05, 3.63) is 58.6 Å². The van der Waals surface area contributed by atoms with E-state index in [1.54, 1.807) is 12.1 Å². The predicted molar refractivity (Wildman–Crippen MR) is 108 cm³/mol. The fourth-order valence-corrected chi connectivity index (χ4v) is 3.81. The van der Waals surface area contributed by atoms with Crippen LogP contribution < -0.4 is 14.8 Å². The number of rotatable bonds is 5. The summed E-state index contributed by atoms with van der Waals surface area (Å²) in [6.07, 6.45) is 0. The lowest BCUT2D eigenvalue weighted by atomic mass is 10.0. The molecule has 0 bridgehead atoms. The third-order valence-electron chi connectivity index (χ3n) is 5.23. The molecule has 1 atom stereocenters. The topological polar surface area (TPSA) is 54.0 Å². The molecule has 2 aliphatic rings. The molecule has 6 nitrogen and oxygen atoms in total. The number of carbonyl (C=O) groups is 1. The summed E-state index contributed by atoms with van der Waals surface area (Å²) in [7, 11) is 2.14. The Morgan fingerprint density at radius 3 is 2.64 bits per heavy atom. The number of piperazine rings is 1. The van der Waals surface area contributed by atoms with Crippen LogP contribution in [0.2, 0.25) is 5.02 Å². The molecule has 1 saturated heterocycles. The van der Waals surface area contributed by atoms with Gasteiger partial charge in [-0.2, -0.15) is 0 Å². The van der Waals surface area contributed by atoms with E-state index in [4.69, 9.17) is 21.1 Å². The number of amides is 1. The van der Waals surface area contributed by atoms with Crippen molar-refractivity contribution in [2.24, 2.45) is 0 Å². The standard InChI is InChI=1S/C21H24ClN3O3/c1-24-7-9-25(10-8-24)13-18(15-5-3-2-4-6-15)23-21(26)16-11-17(22)20-19(12-16)27-14-28-20/h2-6,11-12,18H,7-10,13-14H2,1H3,(H,23,26). The van der Waals surface area contributed by atoms with Gasteiger partial charge in [0.25, 0.3) is 5.91 Å². The molecule has 2 aliphatic heterocycles. The highest BCUT2D eigenvalue weighted by atomic mass is 35.5. The van der Waals surface area contributed by atoms with Gasteiger partial charge in [0.15, 0.2) is 11.5 Å². The lowest BCUT2D eigenvalue weighted by Gasteiger charge is -2.35. The van der Waals surface area contributed by atoms with Crippen LogP contribution in [0.25, 0.3) is 0 Å². The number of ether oxygens (including phenoxy) is 2. The summed E-state index contributed by atoms with van der Waals surface area (Å²) in [5.41, 5.74) is 1.55. The minimum atomic E-state index is -0.178. The van der Waals surface area contributed by atoms with E-state index in [-0.39, 0.29) is 18.7 Å². The van der Waals surface area contributed by atoms with Crippen LogP contribution in [0.3, 0.4) is 0 Å². The highest BCUT2D eigenvalue weighted by Gasteiger charge is 2.24. The maximum atomic E-state index is 13.0. The lowest BCUT2D eigenvalue weighted by Crippen LogP contribution is -2.47. The maximum Gasteiger partial charge on any atom is 0.252 e. The molecule has 2 heterocycles. The first kappa shape index (κ1) is 19.1. The Hall–Kier alpha value is -2.28. The van der Waals surface area contributed by atoms with Crippen molar-refractivity contribution in [1.82, 2.24) is 15.1 Å². The van der Waals surface area contributed by atoms with Gasteiger partial charge in [-0.3, -0.25) is 9.69 Å². The number of likely N-dealkylation sites (N-methyl/N-ethyl adjacent to an activating group) is 1. The Bertz CT molecular complexity index is 838. The molecule has 2 aromatic carbocycles. The van der Waals surface area contributed by atoms with Crippen LogP contribution in [0, 0.1) is 0 Å². The zero-order chi connectivity index (χ0) is 19.5. The van der Waals surface area contributed by atoms with Crippen LogP contribution >= 0.6 is 11.6 Å². The number of hydrogen-bond acceptors (Lipinski definition) is 5. The Morgan fingerprint density at radius 1 is 1.14 bits per heavy atom. The van der Waals surface area contributed by atoms with Gasteiger partial charge in [-0.25, -0.2) is 0 Å². The SMILES string of the molecule is CN1CCN(CC(NC(=O)c2cc(Cl)c3c(c2)OCO3)c2ccccc2)CC1. The van der Waals surface area contributed by atoms with Crippen LogP contribution in [0.4, 0.5) is 0 Å². The van der Waals surface area contributed by atoms with E-state index in [0.717, 1.165) is 38.3 Å². The van der Waals surface area contributed by atoms with E-state index in [0.29, 0.717) is 22.1 Å². The molecule has 0 radical (unpaired) electrons. The molecule has 0 saturated carbocycles. The minimum Gasteiger partial charge on any atom is -0.454 e. The number of halogens is 1. The summed E-state index contributed by atoms with van der Waals surface area (Å²) >= 11 is 6.24. The monoisotopic (exact) mass is 401 g/mol. The molecule has 7 heteroatoms. The summed E-state index contributed by atoms with van der Waals surface area (Å²) < 4.78 is 10.7. The molecule has 0 aliphatic carbocycles. The van der Waals surface area contributed by atoms with Crippen molar-refractivity contribution in [3.63, 3.8) is 0 Å². The largest absolute Gasteiger partial charge is 0.454 e. The van der Waals surface area contributed by atoms with E-state index < -0.39 is 0 Å². The second-order valence-electron chi connectivity index (χ2n) is 7.23. The third kappa shape index (κ3) is 4.24. The van der Waals surface area contributed by atoms with E-state index in [1.807, 2.05) is 30.3 Å². The average molecular weight is 402 g/mol. The molecule has 148 valence electrons. The predicted octanol–water partition coefficient (Wildman–Crippen LogP) is 2.79. The number of nitrogens with one attached hydrogen (secondary N) is 1. The highest BCUT2D eigenvalue weighted by Crippen LogP contribution is 2.39. The van der Waals surface area contributed by atoms with Gasteiger partial charge < -0.3 is 19.7 Å². The number of carbonyl (C=O) groups excluding carboxylic acids is 1. The quantitative estimate of drug-likeness (QED) is 0.835. The van der Waals surface area contributed by atoms with Gasteiger partial charge in [-0.15, -0.1) is 0 Å². The Morgan fingerprint density at radius 2 is 1.89 bits per heavy atom.